The second-order valence-electron chi connectivity index (χ2n) is 4.12. The first-order valence-corrected chi connectivity index (χ1v) is 8.02. The van der Waals surface area contributed by atoms with Gasteiger partial charge in [-0.15, -0.1) is 0 Å². The van der Waals surface area contributed by atoms with Gasteiger partial charge in [-0.05, 0) is 11.6 Å². The smallest absolute Gasteiger partial charge is 0.231 e. The van der Waals surface area contributed by atoms with E-state index in [1.807, 2.05) is 4.90 Å². The van der Waals surface area contributed by atoms with Gasteiger partial charge in [-0.3, -0.25) is 0 Å². The second kappa shape index (κ2) is 6.48. The normalized spacial score (nSPS) is 16.2. The van der Waals surface area contributed by atoms with Gasteiger partial charge < -0.3 is 15.0 Å². The van der Waals surface area contributed by atoms with Gasteiger partial charge in [0.1, 0.15) is 0 Å². The summed E-state index contributed by atoms with van der Waals surface area (Å²) >= 11 is 5.83. The molecule has 9 nitrogen and oxygen atoms in total. The summed E-state index contributed by atoms with van der Waals surface area (Å²) in [7, 11) is -3.53. The molecule has 0 spiro atoms. The molecule has 1 aliphatic heterocycles. The van der Waals surface area contributed by atoms with Crippen molar-refractivity contribution < 1.29 is 13.2 Å². The molecule has 0 radical (unpaired) electrons. The van der Waals surface area contributed by atoms with E-state index in [0.29, 0.717) is 32.3 Å². The van der Waals surface area contributed by atoms with Gasteiger partial charge in [0.2, 0.25) is 27.2 Å². The fourth-order valence-electron chi connectivity index (χ4n) is 1.63. The molecule has 20 heavy (non-hydrogen) atoms. The first kappa shape index (κ1) is 15.2. The summed E-state index contributed by atoms with van der Waals surface area (Å²) in [6, 6.07) is 0. The molecule has 0 atom stereocenters. The molecule has 0 aliphatic carbocycles. The Morgan fingerprint density at radius 2 is 2.00 bits per heavy atom. The minimum absolute atomic E-state index is 0.0413. The summed E-state index contributed by atoms with van der Waals surface area (Å²) in [6.45, 7) is 2.62. The van der Waals surface area contributed by atoms with Crippen LogP contribution < -0.4 is 15.4 Å². The topological polar surface area (TPSA) is 123 Å². The number of ether oxygens (including phenoxy) is 1. The summed E-state index contributed by atoms with van der Waals surface area (Å²) in [6.07, 6.45) is 0. The van der Waals surface area contributed by atoms with Crippen molar-refractivity contribution >= 4 is 33.5 Å². The zero-order chi connectivity index (χ0) is 14.6. The van der Waals surface area contributed by atoms with E-state index in [4.69, 9.17) is 21.5 Å². The SMILES string of the molecule is NS(=O)(=O)CCNc1nc(Cl)nc(N2CCOCC2)n1. The first-order chi connectivity index (χ1) is 9.44. The highest BCUT2D eigenvalue weighted by Crippen LogP contribution is 2.14. The Morgan fingerprint density at radius 3 is 2.65 bits per heavy atom. The van der Waals surface area contributed by atoms with Crippen LogP contribution in [0.5, 0.6) is 0 Å². The zero-order valence-electron chi connectivity index (χ0n) is 10.6. The summed E-state index contributed by atoms with van der Waals surface area (Å²) in [5.41, 5.74) is 0. The number of sulfonamides is 1. The summed E-state index contributed by atoms with van der Waals surface area (Å²) in [5, 5.41) is 7.71. The number of anilines is 2. The van der Waals surface area contributed by atoms with Crippen LogP contribution in [0.15, 0.2) is 0 Å². The lowest BCUT2D eigenvalue weighted by molar-refractivity contribution is 0.122. The number of rotatable bonds is 5. The lowest BCUT2D eigenvalue weighted by atomic mass is 10.4. The quantitative estimate of drug-likeness (QED) is 0.712. The van der Waals surface area contributed by atoms with E-state index in [9.17, 15) is 8.42 Å². The number of nitrogens with zero attached hydrogens (tertiary/aromatic N) is 4. The van der Waals surface area contributed by atoms with Gasteiger partial charge in [-0.25, -0.2) is 13.6 Å². The van der Waals surface area contributed by atoms with Crippen LogP contribution in [0.2, 0.25) is 5.28 Å². The van der Waals surface area contributed by atoms with Crippen molar-refractivity contribution in [3.8, 4) is 0 Å². The Kier molecular flexibility index (Phi) is 4.91. The van der Waals surface area contributed by atoms with Crippen LogP contribution in [0.3, 0.4) is 0 Å². The first-order valence-electron chi connectivity index (χ1n) is 5.93. The van der Waals surface area contributed by atoms with Gasteiger partial charge in [-0.1, -0.05) is 0 Å². The van der Waals surface area contributed by atoms with E-state index in [1.165, 1.54) is 0 Å². The molecule has 0 aromatic carbocycles. The summed E-state index contributed by atoms with van der Waals surface area (Å²) in [5.74, 6) is 0.435. The van der Waals surface area contributed by atoms with Crippen molar-refractivity contribution in [2.75, 3.05) is 48.8 Å². The van der Waals surface area contributed by atoms with Crippen molar-refractivity contribution in [3.63, 3.8) is 0 Å². The van der Waals surface area contributed by atoms with Gasteiger partial charge in [0.05, 0.1) is 19.0 Å². The third kappa shape index (κ3) is 4.71. The molecule has 112 valence electrons. The highest BCUT2D eigenvalue weighted by atomic mass is 35.5. The summed E-state index contributed by atoms with van der Waals surface area (Å²) < 4.78 is 26.9. The van der Waals surface area contributed by atoms with Gasteiger partial charge in [0.15, 0.2) is 0 Å². The Labute approximate surface area is 121 Å². The fourth-order valence-corrected chi connectivity index (χ4v) is 2.17. The third-order valence-electron chi connectivity index (χ3n) is 2.56. The van der Waals surface area contributed by atoms with Crippen LogP contribution in [-0.2, 0) is 14.8 Å². The largest absolute Gasteiger partial charge is 0.378 e. The number of aromatic nitrogens is 3. The van der Waals surface area contributed by atoms with Gasteiger partial charge in [0, 0.05) is 19.6 Å². The molecule has 11 heteroatoms. The Balaban J connectivity index is 2.04. The number of morpholine rings is 1. The second-order valence-corrected chi connectivity index (χ2v) is 6.19. The average molecular weight is 323 g/mol. The van der Waals surface area contributed by atoms with E-state index in [0.717, 1.165) is 0 Å². The predicted molar refractivity (Wildman–Crippen MR) is 74.3 cm³/mol. The van der Waals surface area contributed by atoms with Crippen molar-refractivity contribution in [2.45, 2.75) is 0 Å². The number of hydrogen-bond acceptors (Lipinski definition) is 8. The summed E-state index contributed by atoms with van der Waals surface area (Å²) in [4.78, 5) is 14.0. The highest BCUT2D eigenvalue weighted by molar-refractivity contribution is 7.89. The van der Waals surface area contributed by atoms with Crippen molar-refractivity contribution in [1.82, 2.24) is 15.0 Å². The zero-order valence-corrected chi connectivity index (χ0v) is 12.2. The lowest BCUT2D eigenvalue weighted by Crippen LogP contribution is -2.37. The van der Waals surface area contributed by atoms with E-state index >= 15 is 0 Å². The standard InChI is InChI=1S/C9H15ClN6O3S/c10-7-13-8(12-1-6-20(11,17)18)15-9(14-7)16-2-4-19-5-3-16/h1-6H2,(H2,11,17,18)(H,12,13,14,15). The molecule has 0 unspecified atom stereocenters. The van der Waals surface area contributed by atoms with Crippen LogP contribution in [0.25, 0.3) is 0 Å². The molecule has 3 N–H and O–H groups in total. The molecule has 1 fully saturated rings. The minimum Gasteiger partial charge on any atom is -0.378 e. The van der Waals surface area contributed by atoms with E-state index < -0.39 is 10.0 Å². The number of primary sulfonamides is 1. The molecule has 1 aromatic heterocycles. The predicted octanol–water partition coefficient (Wildman–Crippen LogP) is -0.938. The number of halogens is 1. The molecule has 1 saturated heterocycles. The van der Waals surface area contributed by atoms with Crippen LogP contribution in [0.4, 0.5) is 11.9 Å². The molecule has 0 bridgehead atoms. The molecular formula is C9H15ClN6O3S. The molecule has 0 saturated carbocycles. The molecule has 0 amide bonds. The number of hydrogen-bond donors (Lipinski definition) is 2. The average Bonchev–Trinajstić information content (AvgIpc) is 2.37. The molecule has 1 aromatic rings. The Bertz CT molecular complexity index is 563. The Hall–Kier alpha value is -1.23. The molecule has 2 rings (SSSR count). The fraction of sp³-hybridized carbons (Fsp3) is 0.667. The molecule has 1 aliphatic rings. The van der Waals surface area contributed by atoms with Crippen LogP contribution >= 0.6 is 11.6 Å². The molecular weight excluding hydrogens is 308 g/mol. The van der Waals surface area contributed by atoms with Crippen LogP contribution in [0.1, 0.15) is 0 Å². The van der Waals surface area contributed by atoms with Crippen LogP contribution in [-0.4, -0.2) is 62.0 Å². The van der Waals surface area contributed by atoms with Crippen molar-refractivity contribution in [3.05, 3.63) is 5.28 Å². The van der Waals surface area contributed by atoms with Gasteiger partial charge >= 0.3 is 0 Å². The maximum Gasteiger partial charge on any atom is 0.231 e. The van der Waals surface area contributed by atoms with Crippen molar-refractivity contribution in [1.29, 1.82) is 0 Å². The van der Waals surface area contributed by atoms with Gasteiger partial charge in [0.25, 0.3) is 0 Å². The maximum absolute atomic E-state index is 10.8. The minimum atomic E-state index is -3.53. The van der Waals surface area contributed by atoms with Gasteiger partial charge in [-0.2, -0.15) is 15.0 Å². The van der Waals surface area contributed by atoms with Crippen molar-refractivity contribution in [2.24, 2.45) is 5.14 Å². The molecule has 2 heterocycles. The van der Waals surface area contributed by atoms with E-state index in [2.05, 4.69) is 20.3 Å². The monoisotopic (exact) mass is 322 g/mol. The Morgan fingerprint density at radius 1 is 1.30 bits per heavy atom. The number of nitrogens with one attached hydrogen (secondary N) is 1. The third-order valence-corrected chi connectivity index (χ3v) is 3.50. The highest BCUT2D eigenvalue weighted by Gasteiger charge is 2.16. The number of nitrogens with two attached hydrogens (primary N) is 1. The van der Waals surface area contributed by atoms with E-state index in [-0.39, 0.29) is 23.5 Å². The lowest BCUT2D eigenvalue weighted by Gasteiger charge is -2.26. The van der Waals surface area contributed by atoms with Crippen LogP contribution in [0, 0.1) is 0 Å². The van der Waals surface area contributed by atoms with E-state index in [1.54, 1.807) is 0 Å². The maximum atomic E-state index is 10.8.